The average Bonchev–Trinajstić information content (AvgIpc) is 2.89. The normalized spacial score (nSPS) is 14.4. The fourth-order valence-corrected chi connectivity index (χ4v) is 2.25. The van der Waals surface area contributed by atoms with Gasteiger partial charge in [0.05, 0.1) is 13.2 Å². The van der Waals surface area contributed by atoms with Crippen LogP contribution in [0.1, 0.15) is 19.2 Å². The third kappa shape index (κ3) is 3.71. The number of rotatable bonds is 4. The van der Waals surface area contributed by atoms with Crippen molar-refractivity contribution in [2.24, 2.45) is 10.7 Å². The van der Waals surface area contributed by atoms with Crippen molar-refractivity contribution in [1.29, 1.82) is 0 Å². The number of fused-ring (bicyclic) bond motifs is 1. The Morgan fingerprint density at radius 2 is 2.17 bits per heavy atom. The predicted octanol–water partition coefficient (Wildman–Crippen LogP) is 1.39. The zero-order valence-electron chi connectivity index (χ0n) is 13.0. The molecule has 23 heavy (non-hydrogen) atoms. The number of aromatic nitrogens is 3. The highest BCUT2D eigenvalue weighted by Gasteiger charge is 2.11. The van der Waals surface area contributed by atoms with Crippen LogP contribution in [-0.4, -0.2) is 33.9 Å². The quantitative estimate of drug-likeness (QED) is 0.653. The number of aryl methyl sites for hydroxylation is 1. The van der Waals surface area contributed by atoms with Crippen molar-refractivity contribution in [3.8, 4) is 11.5 Å². The first-order chi connectivity index (χ1) is 11.3. The SMILES string of the molecule is CCn1cnnc1CN=C(N)Nc1ccc2c(c1)OCCCO2. The van der Waals surface area contributed by atoms with Crippen LogP contribution in [-0.2, 0) is 13.1 Å². The first kappa shape index (κ1) is 15.1. The van der Waals surface area contributed by atoms with Gasteiger partial charge in [0.1, 0.15) is 12.9 Å². The van der Waals surface area contributed by atoms with Gasteiger partial charge in [-0.15, -0.1) is 10.2 Å². The lowest BCUT2D eigenvalue weighted by atomic mass is 10.3. The number of benzene rings is 1. The Morgan fingerprint density at radius 3 is 3.00 bits per heavy atom. The van der Waals surface area contributed by atoms with Crippen molar-refractivity contribution in [1.82, 2.24) is 14.8 Å². The Balaban J connectivity index is 1.66. The number of nitrogens with one attached hydrogen (secondary N) is 1. The molecule has 3 N–H and O–H groups in total. The van der Waals surface area contributed by atoms with Gasteiger partial charge in [-0.2, -0.15) is 0 Å². The third-order valence-corrected chi connectivity index (χ3v) is 3.45. The van der Waals surface area contributed by atoms with Crippen LogP contribution in [0.3, 0.4) is 0 Å². The van der Waals surface area contributed by atoms with Gasteiger partial charge in [-0.3, -0.25) is 0 Å². The molecule has 1 aromatic heterocycles. The second-order valence-corrected chi connectivity index (χ2v) is 5.07. The molecule has 8 heteroatoms. The molecule has 0 amide bonds. The molecule has 3 rings (SSSR count). The van der Waals surface area contributed by atoms with Crippen LogP contribution >= 0.6 is 0 Å². The molecule has 0 saturated heterocycles. The minimum absolute atomic E-state index is 0.310. The van der Waals surface area contributed by atoms with Crippen LogP contribution in [0.4, 0.5) is 5.69 Å². The molecule has 0 bridgehead atoms. The van der Waals surface area contributed by atoms with Crippen molar-refractivity contribution >= 4 is 11.6 Å². The molecule has 2 heterocycles. The molecule has 0 saturated carbocycles. The summed E-state index contributed by atoms with van der Waals surface area (Å²) in [4.78, 5) is 4.29. The molecule has 0 aliphatic carbocycles. The Hall–Kier alpha value is -2.77. The molecule has 1 aromatic carbocycles. The summed E-state index contributed by atoms with van der Waals surface area (Å²) in [6, 6.07) is 5.60. The van der Waals surface area contributed by atoms with Crippen molar-refractivity contribution in [2.45, 2.75) is 26.4 Å². The van der Waals surface area contributed by atoms with Crippen LogP contribution in [0, 0.1) is 0 Å². The topological polar surface area (TPSA) is 99.6 Å². The number of nitrogens with zero attached hydrogens (tertiary/aromatic N) is 4. The van der Waals surface area contributed by atoms with Crippen molar-refractivity contribution in [2.75, 3.05) is 18.5 Å². The van der Waals surface area contributed by atoms with Crippen LogP contribution in [0.25, 0.3) is 0 Å². The van der Waals surface area contributed by atoms with E-state index in [1.165, 1.54) is 0 Å². The number of guanidine groups is 1. The lowest BCUT2D eigenvalue weighted by Gasteiger charge is -2.10. The largest absolute Gasteiger partial charge is 0.490 e. The summed E-state index contributed by atoms with van der Waals surface area (Å²) in [5.41, 5.74) is 6.73. The van der Waals surface area contributed by atoms with Gasteiger partial charge in [-0.05, 0) is 19.1 Å². The molecule has 0 atom stereocenters. The second-order valence-electron chi connectivity index (χ2n) is 5.07. The molecule has 0 unspecified atom stereocenters. The molecule has 1 aliphatic rings. The Labute approximate surface area is 134 Å². The van der Waals surface area contributed by atoms with E-state index in [9.17, 15) is 0 Å². The van der Waals surface area contributed by atoms with E-state index >= 15 is 0 Å². The summed E-state index contributed by atoms with van der Waals surface area (Å²) in [6.45, 7) is 4.51. The smallest absolute Gasteiger partial charge is 0.193 e. The number of hydrogen-bond acceptors (Lipinski definition) is 5. The molecule has 0 radical (unpaired) electrons. The number of anilines is 1. The zero-order chi connectivity index (χ0) is 16.1. The molecular formula is C15H20N6O2. The number of nitrogens with two attached hydrogens (primary N) is 1. The van der Waals surface area contributed by atoms with Crippen LogP contribution in [0.2, 0.25) is 0 Å². The first-order valence-electron chi connectivity index (χ1n) is 7.59. The summed E-state index contributed by atoms with van der Waals surface area (Å²) >= 11 is 0. The number of hydrogen-bond donors (Lipinski definition) is 2. The molecule has 2 aromatic rings. The number of ether oxygens (including phenoxy) is 2. The highest BCUT2D eigenvalue weighted by molar-refractivity contribution is 5.92. The number of aliphatic imine (C=N–C) groups is 1. The highest BCUT2D eigenvalue weighted by atomic mass is 16.5. The van der Waals surface area contributed by atoms with Crippen molar-refractivity contribution < 1.29 is 9.47 Å². The van der Waals surface area contributed by atoms with Crippen LogP contribution in [0.5, 0.6) is 11.5 Å². The summed E-state index contributed by atoms with van der Waals surface area (Å²) in [5.74, 6) is 2.55. The van der Waals surface area contributed by atoms with Gasteiger partial charge in [0, 0.05) is 24.7 Å². The van der Waals surface area contributed by atoms with Crippen molar-refractivity contribution in [3.63, 3.8) is 0 Å². The minimum Gasteiger partial charge on any atom is -0.490 e. The van der Waals surface area contributed by atoms with Gasteiger partial charge < -0.3 is 25.1 Å². The van der Waals surface area contributed by atoms with E-state index in [1.807, 2.05) is 29.7 Å². The van der Waals surface area contributed by atoms with Gasteiger partial charge in [-0.1, -0.05) is 0 Å². The standard InChI is InChI=1S/C15H20N6O2/c1-2-21-10-18-20-14(21)9-17-15(16)19-11-4-5-12-13(8-11)23-7-3-6-22-12/h4-5,8,10H,2-3,6-7,9H2,1H3,(H3,16,17,19). The maximum absolute atomic E-state index is 5.93. The summed E-state index contributed by atoms with van der Waals surface area (Å²) < 4.78 is 13.2. The Bertz CT molecular complexity index is 697. The molecule has 1 aliphatic heterocycles. The summed E-state index contributed by atoms with van der Waals surface area (Å²) in [6.07, 6.45) is 2.55. The third-order valence-electron chi connectivity index (χ3n) is 3.45. The van der Waals surface area contributed by atoms with Gasteiger partial charge in [0.2, 0.25) is 0 Å². The zero-order valence-corrected chi connectivity index (χ0v) is 13.0. The highest BCUT2D eigenvalue weighted by Crippen LogP contribution is 2.32. The monoisotopic (exact) mass is 316 g/mol. The summed E-state index contributed by atoms with van der Waals surface area (Å²) in [7, 11) is 0. The van der Waals surface area contributed by atoms with Crippen LogP contribution in [0.15, 0.2) is 29.5 Å². The molecule has 0 fully saturated rings. The maximum Gasteiger partial charge on any atom is 0.193 e. The molecule has 0 spiro atoms. The lowest BCUT2D eigenvalue weighted by molar-refractivity contribution is 0.297. The minimum atomic E-state index is 0.310. The van der Waals surface area contributed by atoms with E-state index in [2.05, 4.69) is 20.5 Å². The van der Waals surface area contributed by atoms with Gasteiger partial charge in [0.15, 0.2) is 23.3 Å². The van der Waals surface area contributed by atoms with E-state index < -0.39 is 0 Å². The van der Waals surface area contributed by atoms with E-state index in [-0.39, 0.29) is 0 Å². The molecule has 122 valence electrons. The second kappa shape index (κ2) is 6.99. The molecule has 8 nitrogen and oxygen atoms in total. The summed E-state index contributed by atoms with van der Waals surface area (Å²) in [5, 5.41) is 10.9. The van der Waals surface area contributed by atoms with Gasteiger partial charge in [0.25, 0.3) is 0 Å². The van der Waals surface area contributed by atoms with Crippen LogP contribution < -0.4 is 20.5 Å². The Kier molecular flexibility index (Phi) is 4.60. The fraction of sp³-hybridized carbons (Fsp3) is 0.400. The van der Waals surface area contributed by atoms with E-state index in [0.29, 0.717) is 31.5 Å². The van der Waals surface area contributed by atoms with Crippen molar-refractivity contribution in [3.05, 3.63) is 30.4 Å². The average molecular weight is 316 g/mol. The molecular weight excluding hydrogens is 296 g/mol. The first-order valence-corrected chi connectivity index (χ1v) is 7.59. The van der Waals surface area contributed by atoms with Gasteiger partial charge >= 0.3 is 0 Å². The van der Waals surface area contributed by atoms with E-state index in [0.717, 1.165) is 30.2 Å². The maximum atomic E-state index is 5.93. The van der Waals surface area contributed by atoms with E-state index in [1.54, 1.807) is 6.33 Å². The Morgan fingerprint density at radius 1 is 1.35 bits per heavy atom. The predicted molar refractivity (Wildman–Crippen MR) is 86.7 cm³/mol. The fourth-order valence-electron chi connectivity index (χ4n) is 2.25. The van der Waals surface area contributed by atoms with E-state index in [4.69, 9.17) is 15.2 Å². The van der Waals surface area contributed by atoms with Gasteiger partial charge in [-0.25, -0.2) is 4.99 Å². The lowest BCUT2D eigenvalue weighted by Crippen LogP contribution is -2.23.